The molecular formula is C33H42O12S. The van der Waals surface area contributed by atoms with Crippen molar-refractivity contribution in [1.82, 2.24) is 0 Å². The molecule has 0 aliphatic rings. The van der Waals surface area contributed by atoms with E-state index in [1.165, 1.54) is 12.1 Å². The highest BCUT2D eigenvalue weighted by Crippen LogP contribution is 2.09. The van der Waals surface area contributed by atoms with Crippen molar-refractivity contribution in [2.24, 2.45) is 0 Å². The maximum Gasteiger partial charge on any atom is 0.306 e. The van der Waals surface area contributed by atoms with Gasteiger partial charge in [-0.05, 0) is 55.9 Å². The molecule has 0 radical (unpaired) electrons. The van der Waals surface area contributed by atoms with Crippen LogP contribution < -0.4 is 0 Å². The number of carboxylic acids is 3. The highest BCUT2D eigenvalue weighted by Gasteiger charge is 2.07. The van der Waals surface area contributed by atoms with Crippen molar-refractivity contribution in [3.63, 3.8) is 0 Å². The Morgan fingerprint density at radius 3 is 1.35 bits per heavy atom. The number of rotatable bonds is 14. The first-order valence-corrected chi connectivity index (χ1v) is 15.7. The Morgan fingerprint density at radius 1 is 0.609 bits per heavy atom. The Morgan fingerprint density at radius 2 is 1.00 bits per heavy atom. The summed E-state index contributed by atoms with van der Waals surface area (Å²) < 4.78 is 34.6. The van der Waals surface area contributed by atoms with Gasteiger partial charge in [0.15, 0.2) is 0 Å². The van der Waals surface area contributed by atoms with Gasteiger partial charge in [-0.25, -0.2) is 0 Å². The molecule has 0 aliphatic carbocycles. The van der Waals surface area contributed by atoms with E-state index in [4.69, 9.17) is 29.7 Å². The molecular weight excluding hydrogens is 620 g/mol. The normalized spacial score (nSPS) is 9.98. The molecule has 0 saturated carbocycles. The fraction of sp³-hybridized carbons (Fsp3) is 0.333. The number of benzene rings is 3. The quantitative estimate of drug-likeness (QED) is 0.0821. The minimum atomic E-state index is -4.02. The number of unbranched alkanes of at least 4 members (excludes halogenated alkanes) is 2. The van der Waals surface area contributed by atoms with Gasteiger partial charge in [-0.3, -0.25) is 23.7 Å². The molecule has 3 aromatic carbocycles. The van der Waals surface area contributed by atoms with Crippen LogP contribution in [-0.2, 0) is 47.2 Å². The minimum Gasteiger partial charge on any atom is -0.481 e. The predicted octanol–water partition coefficient (Wildman–Crippen LogP) is 5.51. The van der Waals surface area contributed by atoms with Gasteiger partial charge >= 0.3 is 23.9 Å². The topological polar surface area (TPSA) is 213 Å². The summed E-state index contributed by atoms with van der Waals surface area (Å²) in [7, 11) is -4.02. The fourth-order valence-corrected chi connectivity index (χ4v) is 3.68. The maximum absolute atomic E-state index is 11.3. The number of aliphatic hydroxyl groups excluding tert-OH is 1. The van der Waals surface area contributed by atoms with Crippen molar-refractivity contribution in [2.45, 2.75) is 76.4 Å². The van der Waals surface area contributed by atoms with Crippen molar-refractivity contribution in [3.05, 3.63) is 102 Å². The summed E-state index contributed by atoms with van der Waals surface area (Å²) in [6.07, 6.45) is 2.46. The lowest BCUT2D eigenvalue weighted by atomic mass is 10.2. The van der Waals surface area contributed by atoms with Gasteiger partial charge in [-0.1, -0.05) is 78.4 Å². The van der Waals surface area contributed by atoms with Gasteiger partial charge in [0.2, 0.25) is 0 Å². The summed E-state index contributed by atoms with van der Waals surface area (Å²) >= 11 is 0. The van der Waals surface area contributed by atoms with Crippen molar-refractivity contribution in [1.29, 1.82) is 0 Å². The molecule has 12 nitrogen and oxygen atoms in total. The second kappa shape index (κ2) is 24.7. The molecule has 0 atom stereocenters. The number of carbonyl (C=O) groups excluding carboxylic acids is 1. The Hall–Kier alpha value is -4.59. The molecule has 5 N–H and O–H groups in total. The van der Waals surface area contributed by atoms with Gasteiger partial charge in [-0.2, -0.15) is 8.42 Å². The second-order valence-corrected chi connectivity index (χ2v) is 11.1. The Balaban J connectivity index is 0.000000612. The summed E-state index contributed by atoms with van der Waals surface area (Å²) in [5, 5.41) is 33.2. The highest BCUT2D eigenvalue weighted by molar-refractivity contribution is 7.85. The lowest BCUT2D eigenvalue weighted by Crippen LogP contribution is -2.04. The zero-order valence-electron chi connectivity index (χ0n) is 25.7. The molecule has 3 rings (SSSR count). The van der Waals surface area contributed by atoms with E-state index in [1.54, 1.807) is 12.1 Å². The van der Waals surface area contributed by atoms with Gasteiger partial charge in [0.1, 0.15) is 6.61 Å². The van der Waals surface area contributed by atoms with E-state index in [0.717, 1.165) is 16.7 Å². The smallest absolute Gasteiger partial charge is 0.306 e. The molecule has 0 amide bonds. The monoisotopic (exact) mass is 662 g/mol. The van der Waals surface area contributed by atoms with Crippen molar-refractivity contribution >= 4 is 34.0 Å². The summed E-state index contributed by atoms with van der Waals surface area (Å²) in [6, 6.07) is 25.0. The maximum atomic E-state index is 11.3. The van der Waals surface area contributed by atoms with E-state index in [9.17, 15) is 27.6 Å². The van der Waals surface area contributed by atoms with Crippen LogP contribution in [-0.4, -0.2) is 57.3 Å². The minimum absolute atomic E-state index is 0.0628. The number of hydrogen-bond acceptors (Lipinski definition) is 8. The molecule has 0 aliphatic heterocycles. The van der Waals surface area contributed by atoms with E-state index in [-0.39, 0.29) is 49.8 Å². The van der Waals surface area contributed by atoms with Crippen molar-refractivity contribution in [2.75, 3.05) is 0 Å². The lowest BCUT2D eigenvalue weighted by Gasteiger charge is -2.04. The van der Waals surface area contributed by atoms with Crippen LogP contribution in [0.1, 0.15) is 68.1 Å². The fourth-order valence-electron chi connectivity index (χ4n) is 3.20. The zero-order valence-corrected chi connectivity index (χ0v) is 26.5. The molecule has 0 spiro atoms. The molecule has 0 aromatic heterocycles. The Bertz CT molecular complexity index is 1380. The van der Waals surface area contributed by atoms with Crippen LogP contribution >= 0.6 is 0 Å². The number of hydrogen-bond donors (Lipinski definition) is 5. The molecule has 0 fully saturated rings. The van der Waals surface area contributed by atoms with E-state index in [1.807, 2.05) is 67.6 Å². The Labute approximate surface area is 269 Å². The van der Waals surface area contributed by atoms with Crippen molar-refractivity contribution in [3.8, 4) is 0 Å². The molecule has 13 heteroatoms. The number of carboxylic acid groups (broad SMARTS) is 3. The molecule has 0 saturated heterocycles. The van der Waals surface area contributed by atoms with E-state index in [0.29, 0.717) is 25.7 Å². The third-order valence-corrected chi connectivity index (χ3v) is 6.51. The van der Waals surface area contributed by atoms with Crippen molar-refractivity contribution < 1.29 is 57.3 Å². The zero-order chi connectivity index (χ0) is 34.8. The third-order valence-electron chi connectivity index (χ3n) is 5.64. The molecule has 3 aromatic rings. The molecule has 46 heavy (non-hydrogen) atoms. The first-order chi connectivity index (χ1) is 21.7. The van der Waals surface area contributed by atoms with Crippen LogP contribution in [0.4, 0.5) is 0 Å². The summed E-state index contributed by atoms with van der Waals surface area (Å²) in [5.74, 6) is -2.85. The first kappa shape index (κ1) is 41.4. The average molecular weight is 663 g/mol. The lowest BCUT2D eigenvalue weighted by molar-refractivity contribution is -0.145. The SMILES string of the molecule is Cc1ccc(S(=O)(=O)O)cc1.O=C(O)CCCCC(=O)O.O=C(O)CCCCC(=O)OCc1ccccc1.OCc1ccccc1. The van der Waals surface area contributed by atoms with E-state index in [2.05, 4.69) is 0 Å². The average Bonchev–Trinajstić information content (AvgIpc) is 3.02. The van der Waals surface area contributed by atoms with Gasteiger partial charge in [0.05, 0.1) is 11.5 Å². The standard InChI is InChI=1S/C13H16O4.C7H8O3S.C7H8O.C6H10O4/c14-12(15)8-4-5-9-13(16)17-10-11-6-2-1-3-7-11;1-6-2-4-7(5-3-6)11(8,9)10;8-6-7-4-2-1-3-5-7;7-5(8)3-1-2-4-6(9)10/h1-3,6-7H,4-5,8-10H2,(H,14,15);2-5H,1H3,(H,8,9,10);1-5,8H,6H2;1-4H2,(H,7,8)(H,9,10). The Kier molecular flexibility index (Phi) is 22.2. The number of carbonyl (C=O) groups is 4. The summed E-state index contributed by atoms with van der Waals surface area (Å²) in [4.78, 5) is 41.3. The molecule has 0 bridgehead atoms. The van der Waals surface area contributed by atoms with Crippen LogP contribution in [0.25, 0.3) is 0 Å². The van der Waals surface area contributed by atoms with Crippen LogP contribution in [0.3, 0.4) is 0 Å². The summed E-state index contributed by atoms with van der Waals surface area (Å²) in [5.41, 5.74) is 2.87. The van der Waals surface area contributed by atoms with Crippen LogP contribution in [0.2, 0.25) is 0 Å². The number of aliphatic hydroxyl groups is 1. The first-order valence-electron chi connectivity index (χ1n) is 14.3. The number of ether oxygens (including phenoxy) is 1. The van der Waals surface area contributed by atoms with E-state index < -0.39 is 28.0 Å². The van der Waals surface area contributed by atoms with E-state index >= 15 is 0 Å². The highest BCUT2D eigenvalue weighted by atomic mass is 32.2. The largest absolute Gasteiger partial charge is 0.481 e. The van der Waals surface area contributed by atoms with Crippen LogP contribution in [0.5, 0.6) is 0 Å². The number of aryl methyl sites for hydroxylation is 1. The molecule has 0 unspecified atom stereocenters. The van der Waals surface area contributed by atoms with Gasteiger partial charge in [-0.15, -0.1) is 0 Å². The van der Waals surface area contributed by atoms with Crippen LogP contribution in [0.15, 0.2) is 89.8 Å². The second-order valence-electron chi connectivity index (χ2n) is 9.67. The van der Waals surface area contributed by atoms with Gasteiger partial charge in [0, 0.05) is 25.7 Å². The predicted molar refractivity (Wildman–Crippen MR) is 169 cm³/mol. The van der Waals surface area contributed by atoms with Crippen LogP contribution in [0, 0.1) is 6.92 Å². The van der Waals surface area contributed by atoms with Gasteiger partial charge < -0.3 is 25.2 Å². The number of esters is 1. The molecule has 0 heterocycles. The third kappa shape index (κ3) is 24.8. The molecule has 252 valence electrons. The van der Waals surface area contributed by atoms with Gasteiger partial charge in [0.25, 0.3) is 10.1 Å². The summed E-state index contributed by atoms with van der Waals surface area (Å²) in [6.45, 7) is 2.26. The number of aliphatic carboxylic acids is 3.